The second-order valence-electron chi connectivity index (χ2n) is 13.9. The fraction of sp³-hybridized carbons (Fsp3) is 0.317. The lowest BCUT2D eigenvalue weighted by Crippen LogP contribution is -2.52. The Morgan fingerprint density at radius 3 is 2.67 bits per heavy atom. The fourth-order valence-corrected chi connectivity index (χ4v) is 7.89. The van der Waals surface area contributed by atoms with Gasteiger partial charge in [0.15, 0.2) is 0 Å². The van der Waals surface area contributed by atoms with Crippen LogP contribution >= 0.6 is 15.9 Å². The molecule has 2 N–H and O–H groups in total. The van der Waals surface area contributed by atoms with Crippen LogP contribution in [0.15, 0.2) is 82.3 Å². The number of halogens is 1. The van der Waals surface area contributed by atoms with Crippen molar-refractivity contribution in [2.24, 2.45) is 0 Å². The van der Waals surface area contributed by atoms with Gasteiger partial charge in [0.1, 0.15) is 18.4 Å². The molecule has 0 saturated carbocycles. The summed E-state index contributed by atoms with van der Waals surface area (Å²) in [4.78, 5) is 58.1. The Labute approximate surface area is 327 Å². The molecule has 0 aliphatic carbocycles. The average molecular weight is 809 g/mol. The molecule has 1 saturated heterocycles. The largest absolute Gasteiger partial charge is 0.372 e. The van der Waals surface area contributed by atoms with E-state index in [1.54, 1.807) is 30.7 Å². The van der Waals surface area contributed by atoms with Crippen molar-refractivity contribution in [1.82, 2.24) is 24.9 Å². The number of imidazole rings is 1. The van der Waals surface area contributed by atoms with Gasteiger partial charge in [-0.2, -0.15) is 0 Å². The minimum Gasteiger partial charge on any atom is -0.372 e. The summed E-state index contributed by atoms with van der Waals surface area (Å²) in [5, 5.41) is 9.37. The van der Waals surface area contributed by atoms with Crippen LogP contribution in [0.5, 0.6) is 0 Å². The predicted molar refractivity (Wildman–Crippen MR) is 210 cm³/mol. The number of fused-ring (bicyclic) bond motifs is 1. The topological polar surface area (TPSA) is 152 Å². The Hall–Kier alpha value is -5.60. The highest BCUT2D eigenvalue weighted by Crippen LogP contribution is 2.37. The zero-order valence-electron chi connectivity index (χ0n) is 30.9. The van der Waals surface area contributed by atoms with Crippen LogP contribution in [0.1, 0.15) is 65.0 Å². The van der Waals surface area contributed by atoms with Gasteiger partial charge in [0.25, 0.3) is 5.91 Å². The number of hydrogen-bond acceptors (Lipinski definition) is 9. The van der Waals surface area contributed by atoms with Gasteiger partial charge in [0.05, 0.1) is 17.7 Å². The Morgan fingerprint density at radius 2 is 1.93 bits per heavy atom. The molecule has 2 aliphatic heterocycles. The van der Waals surface area contributed by atoms with Gasteiger partial charge in [-0.1, -0.05) is 23.4 Å². The van der Waals surface area contributed by atoms with Gasteiger partial charge in [-0.15, -0.1) is 0 Å². The van der Waals surface area contributed by atoms with Crippen molar-refractivity contribution in [3.63, 3.8) is 0 Å². The molecule has 1 atom stereocenters. The first kappa shape index (κ1) is 37.7. The zero-order valence-corrected chi connectivity index (χ0v) is 32.5. The van der Waals surface area contributed by atoms with Gasteiger partial charge < -0.3 is 28.9 Å². The first-order chi connectivity index (χ1) is 26.6. The van der Waals surface area contributed by atoms with Crippen LogP contribution in [0, 0.1) is 20.8 Å². The number of amides is 4. The maximum absolute atomic E-state index is 13.1. The molecule has 3 aromatic carbocycles. The standard InChI is InChI=1S/C41H42BrN7O6/c1-25-10-11-28(39-26(2)46-55-27(39)3)20-36(25)48(29-12-13-34(32(42)21-29)47-18-16-43-24-47)17-5-4-6-19-54-23-38(51)44-33-9-7-8-30-31(33)22-49(41(30)53)35-14-15-37(50)45-40(35)52/h7-13,16,18,20-21,24,35H,4-6,14-15,17,19,22-23H2,1-3H3,(H,44,51)(H,45,50,52). The highest BCUT2D eigenvalue weighted by atomic mass is 79.9. The van der Waals surface area contributed by atoms with E-state index in [0.29, 0.717) is 23.4 Å². The summed E-state index contributed by atoms with van der Waals surface area (Å²) in [6, 6.07) is 17.2. The smallest absolute Gasteiger partial charge is 0.255 e. The molecule has 5 aromatic rings. The number of piperidine rings is 1. The number of benzene rings is 3. The van der Waals surface area contributed by atoms with Gasteiger partial charge in [-0.05, 0) is 110 Å². The molecule has 4 amide bonds. The number of aryl methyl sites for hydroxylation is 3. The molecule has 1 fully saturated rings. The molecule has 0 radical (unpaired) electrons. The maximum atomic E-state index is 13.1. The van der Waals surface area contributed by atoms with E-state index in [0.717, 1.165) is 75.5 Å². The number of ether oxygens (including phenoxy) is 1. The predicted octanol–water partition coefficient (Wildman–Crippen LogP) is 6.94. The molecule has 2 aromatic heterocycles. The van der Waals surface area contributed by atoms with E-state index in [4.69, 9.17) is 9.26 Å². The second-order valence-corrected chi connectivity index (χ2v) is 14.7. The Bertz CT molecular complexity index is 2230. The quantitative estimate of drug-likeness (QED) is 0.0898. The number of carbonyl (C=O) groups excluding carboxylic acids is 4. The molecule has 284 valence electrons. The van der Waals surface area contributed by atoms with E-state index in [1.165, 1.54) is 4.90 Å². The number of nitrogens with zero attached hydrogens (tertiary/aromatic N) is 5. The number of unbranched alkanes of at least 4 members (excludes halogenated alkanes) is 2. The lowest BCUT2D eigenvalue weighted by atomic mass is 10.0. The van der Waals surface area contributed by atoms with Crippen LogP contribution in [0.25, 0.3) is 16.8 Å². The van der Waals surface area contributed by atoms with E-state index in [2.05, 4.69) is 84.9 Å². The molecular formula is C41H42BrN7O6. The Balaban J connectivity index is 0.956. The summed E-state index contributed by atoms with van der Waals surface area (Å²) in [6.45, 7) is 7.19. The highest BCUT2D eigenvalue weighted by molar-refractivity contribution is 9.10. The number of rotatable bonds is 14. The van der Waals surface area contributed by atoms with E-state index in [1.807, 2.05) is 24.6 Å². The van der Waals surface area contributed by atoms with Crippen molar-refractivity contribution in [2.75, 3.05) is 30.0 Å². The third-order valence-electron chi connectivity index (χ3n) is 10.1. The van der Waals surface area contributed by atoms with Crippen LogP contribution in [0.2, 0.25) is 0 Å². The number of carbonyl (C=O) groups is 4. The number of nitrogens with one attached hydrogen (secondary N) is 2. The number of aromatic nitrogens is 3. The van der Waals surface area contributed by atoms with Crippen molar-refractivity contribution in [3.05, 3.63) is 106 Å². The molecule has 55 heavy (non-hydrogen) atoms. The highest BCUT2D eigenvalue weighted by Gasteiger charge is 2.40. The summed E-state index contributed by atoms with van der Waals surface area (Å²) < 4.78 is 14.2. The van der Waals surface area contributed by atoms with Crippen LogP contribution in [0.4, 0.5) is 17.1 Å². The fourth-order valence-electron chi connectivity index (χ4n) is 7.32. The van der Waals surface area contributed by atoms with Gasteiger partial charge >= 0.3 is 0 Å². The van der Waals surface area contributed by atoms with Crippen LogP contribution in [-0.4, -0.2) is 69.0 Å². The molecule has 7 rings (SSSR count). The SMILES string of the molecule is Cc1ccc(-c2c(C)noc2C)cc1N(CCCCCOCC(=O)Nc1cccc2c1CN(C1CCC(=O)NC1=O)C2=O)c1ccc(-n2ccnc2)c(Br)c1. The van der Waals surface area contributed by atoms with Crippen molar-refractivity contribution >= 4 is 56.6 Å². The van der Waals surface area contributed by atoms with Crippen molar-refractivity contribution in [1.29, 1.82) is 0 Å². The third-order valence-corrected chi connectivity index (χ3v) is 10.7. The molecular weight excluding hydrogens is 766 g/mol. The normalized spacial score (nSPS) is 15.3. The van der Waals surface area contributed by atoms with Crippen LogP contribution in [-0.2, 0) is 25.7 Å². The van der Waals surface area contributed by atoms with Crippen molar-refractivity contribution in [2.45, 2.75) is 65.5 Å². The van der Waals surface area contributed by atoms with Crippen LogP contribution < -0.4 is 15.5 Å². The number of anilines is 3. The maximum Gasteiger partial charge on any atom is 0.255 e. The first-order valence-electron chi connectivity index (χ1n) is 18.3. The van der Waals surface area contributed by atoms with Gasteiger partial charge in [0, 0.05) is 76.7 Å². The number of hydrogen-bond donors (Lipinski definition) is 2. The molecule has 13 nitrogen and oxygen atoms in total. The zero-order chi connectivity index (χ0) is 38.6. The molecule has 14 heteroatoms. The second kappa shape index (κ2) is 16.4. The Kier molecular flexibility index (Phi) is 11.3. The van der Waals surface area contributed by atoms with Crippen molar-refractivity contribution < 1.29 is 28.4 Å². The number of imide groups is 1. The summed E-state index contributed by atoms with van der Waals surface area (Å²) in [5.74, 6) is -0.662. The summed E-state index contributed by atoms with van der Waals surface area (Å²) in [7, 11) is 0. The molecule has 4 heterocycles. The van der Waals surface area contributed by atoms with Gasteiger partial charge in [0.2, 0.25) is 17.7 Å². The Morgan fingerprint density at radius 1 is 1.07 bits per heavy atom. The first-order valence-corrected chi connectivity index (χ1v) is 19.1. The van der Waals surface area contributed by atoms with E-state index in [-0.39, 0.29) is 43.7 Å². The van der Waals surface area contributed by atoms with E-state index in [9.17, 15) is 19.2 Å². The average Bonchev–Trinajstić information content (AvgIpc) is 3.90. The van der Waals surface area contributed by atoms with Gasteiger partial charge in [-0.3, -0.25) is 24.5 Å². The van der Waals surface area contributed by atoms with E-state index < -0.39 is 11.9 Å². The summed E-state index contributed by atoms with van der Waals surface area (Å²) >= 11 is 3.79. The summed E-state index contributed by atoms with van der Waals surface area (Å²) in [6.07, 6.45) is 8.39. The van der Waals surface area contributed by atoms with Gasteiger partial charge in [-0.25, -0.2) is 4.98 Å². The summed E-state index contributed by atoms with van der Waals surface area (Å²) in [5.41, 5.74) is 8.72. The molecule has 0 spiro atoms. The lowest BCUT2D eigenvalue weighted by Gasteiger charge is -2.29. The van der Waals surface area contributed by atoms with Crippen LogP contribution in [0.3, 0.4) is 0 Å². The lowest BCUT2D eigenvalue weighted by molar-refractivity contribution is -0.137. The molecule has 0 bridgehead atoms. The molecule has 2 aliphatic rings. The molecule has 1 unspecified atom stereocenters. The van der Waals surface area contributed by atoms with E-state index >= 15 is 0 Å². The third kappa shape index (κ3) is 8.10. The monoisotopic (exact) mass is 807 g/mol. The van der Waals surface area contributed by atoms with Crippen molar-refractivity contribution in [3.8, 4) is 16.8 Å². The minimum absolute atomic E-state index is 0.133. The minimum atomic E-state index is -0.728.